The van der Waals surface area contributed by atoms with Crippen LogP contribution in [-0.4, -0.2) is 47.7 Å². The van der Waals surface area contributed by atoms with E-state index in [0.29, 0.717) is 12.5 Å². The highest BCUT2D eigenvalue weighted by molar-refractivity contribution is 7.89. The van der Waals surface area contributed by atoms with Gasteiger partial charge in [0.1, 0.15) is 0 Å². The smallest absolute Gasteiger partial charge is 0.240 e. The largest absolute Gasteiger partial charge is 0.381 e. The molecule has 1 aromatic rings. The van der Waals surface area contributed by atoms with Gasteiger partial charge in [0.05, 0.1) is 11.4 Å². The zero-order valence-electron chi connectivity index (χ0n) is 16.2. The summed E-state index contributed by atoms with van der Waals surface area (Å²) in [5.41, 5.74) is 0.942. The molecule has 1 rings (SSSR count). The number of ether oxygens (including phenoxy) is 1. The number of aliphatic imine (C=N–C) groups is 1. The molecule has 0 atom stereocenters. The lowest BCUT2D eigenvalue weighted by Gasteiger charge is -2.12. The molecular weight excluding hydrogens is 352 g/mol. The Morgan fingerprint density at radius 2 is 1.88 bits per heavy atom. The summed E-state index contributed by atoms with van der Waals surface area (Å²) in [7, 11) is -2.00. The van der Waals surface area contributed by atoms with E-state index in [1.54, 1.807) is 24.3 Å². The van der Waals surface area contributed by atoms with Crippen LogP contribution in [0.3, 0.4) is 0 Å². The number of nitrogens with zero attached hydrogens (tertiary/aromatic N) is 1. The molecule has 26 heavy (non-hydrogen) atoms. The Morgan fingerprint density at radius 1 is 1.19 bits per heavy atom. The van der Waals surface area contributed by atoms with Crippen LogP contribution in [0.2, 0.25) is 0 Å². The summed E-state index contributed by atoms with van der Waals surface area (Å²) >= 11 is 0. The van der Waals surface area contributed by atoms with E-state index in [2.05, 4.69) is 34.2 Å². The number of hydrogen-bond acceptors (Lipinski definition) is 4. The van der Waals surface area contributed by atoms with E-state index in [1.165, 1.54) is 7.05 Å². The fraction of sp³-hybridized carbons (Fsp3) is 0.611. The molecule has 0 radical (unpaired) electrons. The minimum absolute atomic E-state index is 0.249. The Labute approximate surface area is 157 Å². The van der Waals surface area contributed by atoms with Gasteiger partial charge in [-0.25, -0.2) is 18.1 Å². The van der Waals surface area contributed by atoms with Crippen LogP contribution < -0.4 is 15.4 Å². The summed E-state index contributed by atoms with van der Waals surface area (Å²) < 4.78 is 31.3. The van der Waals surface area contributed by atoms with Gasteiger partial charge in [-0.3, -0.25) is 0 Å². The molecule has 0 aliphatic heterocycles. The number of sulfonamides is 1. The lowest BCUT2D eigenvalue weighted by Crippen LogP contribution is -2.38. The third kappa shape index (κ3) is 8.64. The molecule has 0 aliphatic rings. The van der Waals surface area contributed by atoms with Gasteiger partial charge in [0, 0.05) is 26.3 Å². The fourth-order valence-electron chi connectivity index (χ4n) is 2.10. The van der Waals surface area contributed by atoms with E-state index in [4.69, 9.17) is 4.74 Å². The molecule has 0 heterocycles. The van der Waals surface area contributed by atoms with Crippen molar-refractivity contribution in [1.29, 1.82) is 0 Å². The quantitative estimate of drug-likeness (QED) is 0.307. The molecule has 0 aromatic heterocycles. The molecule has 7 nitrogen and oxygen atoms in total. The van der Waals surface area contributed by atoms with Crippen molar-refractivity contribution in [2.75, 3.05) is 33.4 Å². The van der Waals surface area contributed by atoms with Gasteiger partial charge in [0.15, 0.2) is 5.96 Å². The van der Waals surface area contributed by atoms with Crippen molar-refractivity contribution in [3.63, 3.8) is 0 Å². The predicted molar refractivity (Wildman–Crippen MR) is 106 cm³/mol. The Hall–Kier alpha value is -1.64. The fourth-order valence-corrected chi connectivity index (χ4v) is 2.83. The molecule has 1 aromatic carbocycles. The molecule has 0 saturated heterocycles. The maximum Gasteiger partial charge on any atom is 0.240 e. The second-order valence-corrected chi connectivity index (χ2v) is 8.18. The summed E-state index contributed by atoms with van der Waals surface area (Å²) in [4.78, 5) is 4.78. The molecule has 0 spiro atoms. The molecule has 0 aliphatic carbocycles. The van der Waals surface area contributed by atoms with Crippen molar-refractivity contribution in [3.05, 3.63) is 29.8 Å². The first-order valence-electron chi connectivity index (χ1n) is 9.01. The maximum atomic E-state index is 11.7. The lowest BCUT2D eigenvalue weighted by atomic mass is 10.2. The van der Waals surface area contributed by atoms with Gasteiger partial charge < -0.3 is 15.4 Å². The monoisotopic (exact) mass is 384 g/mol. The molecule has 3 N–H and O–H groups in total. The number of benzene rings is 1. The van der Waals surface area contributed by atoms with Crippen LogP contribution in [0.25, 0.3) is 0 Å². The zero-order valence-corrected chi connectivity index (χ0v) is 17.0. The first-order valence-corrected chi connectivity index (χ1v) is 10.5. The molecular formula is C18H32N4O3S. The van der Waals surface area contributed by atoms with Gasteiger partial charge in [-0.2, -0.15) is 0 Å². The van der Waals surface area contributed by atoms with E-state index in [0.717, 1.165) is 44.2 Å². The molecule has 0 amide bonds. The molecule has 148 valence electrons. The molecule has 0 bridgehead atoms. The van der Waals surface area contributed by atoms with Crippen molar-refractivity contribution in [3.8, 4) is 0 Å². The third-order valence-corrected chi connectivity index (χ3v) is 4.91. The third-order valence-electron chi connectivity index (χ3n) is 3.48. The molecule has 8 heteroatoms. The summed E-state index contributed by atoms with van der Waals surface area (Å²) in [6.07, 6.45) is 0.910. The summed E-state index contributed by atoms with van der Waals surface area (Å²) in [6, 6.07) is 6.72. The SMILES string of the molecule is CCNC(=NCc1ccc(S(=O)(=O)NC)cc1)NCCCOCC(C)C. The number of guanidine groups is 1. The molecule has 0 fully saturated rings. The van der Waals surface area contributed by atoms with Gasteiger partial charge in [-0.05, 0) is 44.0 Å². The van der Waals surface area contributed by atoms with Crippen LogP contribution in [0.5, 0.6) is 0 Å². The van der Waals surface area contributed by atoms with Crippen molar-refractivity contribution >= 4 is 16.0 Å². The standard InChI is InChI=1S/C18H32N4O3S/c1-5-20-18(21-11-6-12-25-14-15(2)3)22-13-16-7-9-17(10-8-16)26(23,24)19-4/h7-10,15,19H,5-6,11-14H2,1-4H3,(H2,20,21,22). The average Bonchev–Trinajstić information content (AvgIpc) is 2.62. The van der Waals surface area contributed by atoms with Gasteiger partial charge in [-0.15, -0.1) is 0 Å². The summed E-state index contributed by atoms with van der Waals surface area (Å²) in [5.74, 6) is 1.29. The minimum atomic E-state index is -3.40. The van der Waals surface area contributed by atoms with E-state index in [9.17, 15) is 8.42 Å². The zero-order chi connectivity index (χ0) is 19.4. The summed E-state index contributed by atoms with van der Waals surface area (Å²) in [5, 5.41) is 6.48. The number of hydrogen-bond donors (Lipinski definition) is 3. The molecule has 0 unspecified atom stereocenters. The van der Waals surface area contributed by atoms with Crippen LogP contribution in [0.1, 0.15) is 32.8 Å². The highest BCUT2D eigenvalue weighted by Gasteiger charge is 2.10. The van der Waals surface area contributed by atoms with Crippen molar-refractivity contribution in [2.45, 2.75) is 38.6 Å². The number of nitrogens with one attached hydrogen (secondary N) is 3. The highest BCUT2D eigenvalue weighted by atomic mass is 32.2. The van der Waals surface area contributed by atoms with Gasteiger partial charge in [-0.1, -0.05) is 26.0 Å². The first-order chi connectivity index (χ1) is 12.4. The van der Waals surface area contributed by atoms with Gasteiger partial charge in [0.2, 0.25) is 10.0 Å². The Bertz CT molecular complexity index is 643. The Morgan fingerprint density at radius 3 is 2.46 bits per heavy atom. The Balaban J connectivity index is 2.50. The second kappa shape index (κ2) is 11.9. The predicted octanol–water partition coefficient (Wildman–Crippen LogP) is 1.71. The molecule has 0 saturated carbocycles. The number of rotatable bonds is 11. The van der Waals surface area contributed by atoms with E-state index >= 15 is 0 Å². The van der Waals surface area contributed by atoms with Crippen LogP contribution in [0.4, 0.5) is 0 Å². The summed E-state index contributed by atoms with van der Waals surface area (Å²) in [6.45, 7) is 9.82. The first kappa shape index (κ1) is 22.4. The van der Waals surface area contributed by atoms with Crippen LogP contribution in [-0.2, 0) is 21.3 Å². The maximum absolute atomic E-state index is 11.7. The van der Waals surface area contributed by atoms with Crippen LogP contribution in [0.15, 0.2) is 34.2 Å². The van der Waals surface area contributed by atoms with Crippen LogP contribution in [0, 0.1) is 5.92 Å². The highest BCUT2D eigenvalue weighted by Crippen LogP contribution is 2.10. The average molecular weight is 385 g/mol. The normalized spacial score (nSPS) is 12.4. The minimum Gasteiger partial charge on any atom is -0.381 e. The van der Waals surface area contributed by atoms with Crippen LogP contribution >= 0.6 is 0 Å². The van der Waals surface area contributed by atoms with Crippen molar-refractivity contribution < 1.29 is 13.2 Å². The van der Waals surface area contributed by atoms with E-state index in [-0.39, 0.29) is 4.90 Å². The van der Waals surface area contributed by atoms with Gasteiger partial charge >= 0.3 is 0 Å². The van der Waals surface area contributed by atoms with E-state index in [1.807, 2.05) is 6.92 Å². The van der Waals surface area contributed by atoms with E-state index < -0.39 is 10.0 Å². The van der Waals surface area contributed by atoms with Crippen molar-refractivity contribution in [2.24, 2.45) is 10.9 Å². The topological polar surface area (TPSA) is 91.8 Å². The Kier molecular flexibility index (Phi) is 10.2. The second-order valence-electron chi connectivity index (χ2n) is 6.30. The van der Waals surface area contributed by atoms with Gasteiger partial charge in [0.25, 0.3) is 0 Å². The van der Waals surface area contributed by atoms with Crippen molar-refractivity contribution in [1.82, 2.24) is 15.4 Å². The lowest BCUT2D eigenvalue weighted by molar-refractivity contribution is 0.108.